The molecular weight excluding hydrogens is 607 g/mol. The Morgan fingerprint density at radius 3 is 2.27 bits per heavy atom. The number of hydrogen-bond donors (Lipinski definition) is 3. The molecule has 9 nitrogen and oxygen atoms in total. The number of phenolic OH excluding ortho intramolecular Hbond substituents is 1. The average molecular weight is 636 g/mol. The summed E-state index contributed by atoms with van der Waals surface area (Å²) in [5, 5.41) is 22.0. The van der Waals surface area contributed by atoms with E-state index in [-0.39, 0.29) is 53.4 Å². The topological polar surface area (TPSA) is 135 Å². The van der Waals surface area contributed by atoms with Crippen LogP contribution in [0.5, 0.6) is 5.75 Å². The lowest BCUT2D eigenvalue weighted by Gasteiger charge is -2.19. The van der Waals surface area contributed by atoms with Gasteiger partial charge in [0.05, 0.1) is 19.8 Å². The van der Waals surface area contributed by atoms with Gasteiger partial charge in [0.15, 0.2) is 17.1 Å². The van der Waals surface area contributed by atoms with Gasteiger partial charge in [-0.25, -0.2) is 18.0 Å². The first-order valence-corrected chi connectivity index (χ1v) is 14.3. The van der Waals surface area contributed by atoms with Crippen molar-refractivity contribution >= 4 is 34.4 Å². The predicted octanol–water partition coefficient (Wildman–Crippen LogP) is 5.95. The van der Waals surface area contributed by atoms with E-state index in [1.54, 1.807) is 0 Å². The fraction of sp³-hybridized carbons (Fsp3) is 0.323. The number of aromatic carboxylic acids is 1. The lowest BCUT2D eigenvalue weighted by molar-refractivity contribution is 0.0468. The molecule has 1 aliphatic heterocycles. The lowest BCUT2D eigenvalue weighted by atomic mass is 9.88. The van der Waals surface area contributed by atoms with Gasteiger partial charge < -0.3 is 29.4 Å². The summed E-state index contributed by atoms with van der Waals surface area (Å²) in [6.07, 6.45) is 3.86. The quantitative estimate of drug-likeness (QED) is 0.0631. The first-order valence-electron chi connectivity index (χ1n) is 13.8. The van der Waals surface area contributed by atoms with Gasteiger partial charge in [-0.05, 0) is 37.1 Å². The van der Waals surface area contributed by atoms with E-state index >= 15 is 13.2 Å². The minimum atomic E-state index is -2.01. The van der Waals surface area contributed by atoms with Crippen molar-refractivity contribution in [3.05, 3.63) is 75.2 Å². The number of aromatic hydroxyl groups is 1. The number of amides is 1. The Balaban J connectivity index is 1.60. The number of carbonyl (C=O) groups is 2. The second-order valence-electron chi connectivity index (χ2n) is 9.77. The Hall–Kier alpha value is -4.13. The van der Waals surface area contributed by atoms with Crippen LogP contribution in [0.2, 0.25) is 0 Å². The van der Waals surface area contributed by atoms with E-state index < -0.39 is 51.4 Å². The molecule has 0 fully saturated rings. The van der Waals surface area contributed by atoms with Gasteiger partial charge in [-0.15, -0.1) is 11.6 Å². The Labute approximate surface area is 254 Å². The van der Waals surface area contributed by atoms with Crippen LogP contribution in [0.25, 0.3) is 33.4 Å². The van der Waals surface area contributed by atoms with Gasteiger partial charge in [-0.3, -0.25) is 9.59 Å². The molecule has 1 aliphatic carbocycles. The molecule has 0 saturated carbocycles. The highest BCUT2D eigenvalue weighted by Gasteiger charge is 2.35. The number of carboxylic acid groups (broad SMARTS) is 1. The zero-order chi connectivity index (χ0) is 31.8. The maximum absolute atomic E-state index is 16.2. The second-order valence-corrected chi connectivity index (χ2v) is 10.1. The molecule has 0 spiro atoms. The largest absolute Gasteiger partial charge is 0.508 e. The molecular formula is C31H29ClF3NO8. The summed E-state index contributed by atoms with van der Waals surface area (Å²) in [5.74, 6) is -8.75. The number of carboxylic acids is 1. The third-order valence-corrected chi connectivity index (χ3v) is 7.03. The summed E-state index contributed by atoms with van der Waals surface area (Å²) in [7, 11) is 0. The molecule has 0 bridgehead atoms. The SMILES string of the molecule is O=C(NCCOCCOCCCCCCCl)c1c(F)c(F)c(C(=O)O)c(-c2c3ccc(=O)cc-3oc3cc(O)ccc23)c1F. The predicted molar refractivity (Wildman–Crippen MR) is 156 cm³/mol. The molecule has 0 radical (unpaired) electrons. The summed E-state index contributed by atoms with van der Waals surface area (Å²) in [4.78, 5) is 37.1. The van der Waals surface area contributed by atoms with E-state index in [1.807, 2.05) is 0 Å². The van der Waals surface area contributed by atoms with Crippen molar-refractivity contribution in [3.8, 4) is 28.2 Å². The monoisotopic (exact) mass is 635 g/mol. The number of hydrogen-bond acceptors (Lipinski definition) is 7. The van der Waals surface area contributed by atoms with Gasteiger partial charge >= 0.3 is 5.97 Å². The van der Waals surface area contributed by atoms with Gasteiger partial charge in [0.25, 0.3) is 5.91 Å². The molecule has 0 atom stereocenters. The average Bonchev–Trinajstić information content (AvgIpc) is 2.98. The molecule has 44 heavy (non-hydrogen) atoms. The number of fused-ring (bicyclic) bond motifs is 2. The number of nitrogens with one attached hydrogen (secondary N) is 1. The molecule has 2 aliphatic rings. The molecule has 2 aromatic carbocycles. The number of halogens is 4. The van der Waals surface area contributed by atoms with Crippen LogP contribution in [0.4, 0.5) is 13.2 Å². The summed E-state index contributed by atoms with van der Waals surface area (Å²) in [6.45, 7) is 0.810. The van der Waals surface area contributed by atoms with E-state index in [1.165, 1.54) is 18.2 Å². The molecule has 13 heteroatoms. The smallest absolute Gasteiger partial charge is 0.339 e. The number of phenols is 1. The number of alkyl halides is 1. The fourth-order valence-corrected chi connectivity index (χ4v) is 4.91. The number of unbranched alkanes of at least 4 members (excludes halogenated alkanes) is 3. The maximum Gasteiger partial charge on any atom is 0.339 e. The zero-order valence-electron chi connectivity index (χ0n) is 23.4. The van der Waals surface area contributed by atoms with E-state index in [0.29, 0.717) is 19.1 Å². The molecule has 234 valence electrons. The van der Waals surface area contributed by atoms with Crippen molar-refractivity contribution in [3.63, 3.8) is 0 Å². The van der Waals surface area contributed by atoms with Crippen molar-refractivity contribution in [1.29, 1.82) is 0 Å². The first-order chi connectivity index (χ1) is 21.1. The van der Waals surface area contributed by atoms with E-state index in [4.69, 9.17) is 25.5 Å². The van der Waals surface area contributed by atoms with E-state index in [9.17, 15) is 24.6 Å². The van der Waals surface area contributed by atoms with Crippen LogP contribution < -0.4 is 10.7 Å². The van der Waals surface area contributed by atoms with Crippen molar-refractivity contribution in [2.24, 2.45) is 0 Å². The Morgan fingerprint density at radius 2 is 1.55 bits per heavy atom. The maximum atomic E-state index is 16.2. The Kier molecular flexibility index (Phi) is 11.2. The summed E-state index contributed by atoms with van der Waals surface area (Å²) < 4.78 is 63.1. The summed E-state index contributed by atoms with van der Waals surface area (Å²) >= 11 is 5.63. The Bertz CT molecular complexity index is 1690. The highest BCUT2D eigenvalue weighted by Crippen LogP contribution is 2.44. The number of ether oxygens (including phenoxy) is 2. The number of benzene rings is 3. The standard InChI is InChI=1S/C31H29ClF3NO8/c32-9-3-1-2-4-11-42-13-14-43-12-10-36-30(39)26-27(33)24(25(31(40)41)28(34)29(26)35)23-19-7-5-17(37)15-21(19)44-22-16-18(38)6-8-20(22)23/h5-8,15-16,37H,1-4,9-14H2,(H,36,39)(H,40,41). The highest BCUT2D eigenvalue weighted by molar-refractivity contribution is 6.17. The Morgan fingerprint density at radius 1 is 0.841 bits per heavy atom. The van der Waals surface area contributed by atoms with Crippen LogP contribution in [-0.2, 0) is 9.47 Å². The van der Waals surface area contributed by atoms with Gasteiger partial charge in [-0.2, -0.15) is 0 Å². The van der Waals surface area contributed by atoms with E-state index in [0.717, 1.165) is 43.9 Å². The fourth-order valence-electron chi connectivity index (χ4n) is 4.72. The highest BCUT2D eigenvalue weighted by atomic mass is 35.5. The molecule has 0 saturated heterocycles. The van der Waals surface area contributed by atoms with Crippen LogP contribution in [-0.4, -0.2) is 60.9 Å². The van der Waals surface area contributed by atoms with Crippen molar-refractivity contribution in [2.45, 2.75) is 25.7 Å². The van der Waals surface area contributed by atoms with Crippen LogP contribution in [0.3, 0.4) is 0 Å². The van der Waals surface area contributed by atoms with Crippen molar-refractivity contribution in [2.75, 3.05) is 38.9 Å². The van der Waals surface area contributed by atoms with Gasteiger partial charge in [0, 0.05) is 53.2 Å². The van der Waals surface area contributed by atoms with Gasteiger partial charge in [-0.1, -0.05) is 12.8 Å². The third kappa shape index (κ3) is 7.32. The zero-order valence-corrected chi connectivity index (χ0v) is 24.1. The molecule has 1 heterocycles. The van der Waals surface area contributed by atoms with Crippen LogP contribution in [0, 0.1) is 17.5 Å². The number of carbonyl (C=O) groups excluding carboxylic acids is 1. The summed E-state index contributed by atoms with van der Waals surface area (Å²) in [5.41, 5.74) is -4.58. The molecule has 1 amide bonds. The molecule has 0 aromatic heterocycles. The van der Waals surface area contributed by atoms with Crippen LogP contribution in [0.1, 0.15) is 46.4 Å². The molecule has 0 unspecified atom stereocenters. The van der Waals surface area contributed by atoms with Crippen LogP contribution >= 0.6 is 11.6 Å². The van der Waals surface area contributed by atoms with E-state index in [2.05, 4.69) is 5.32 Å². The minimum absolute atomic E-state index is 0.00130. The van der Waals surface area contributed by atoms with Crippen molar-refractivity contribution in [1.82, 2.24) is 5.32 Å². The normalized spacial score (nSPS) is 11.4. The van der Waals surface area contributed by atoms with Gasteiger partial charge in [0.1, 0.15) is 34.0 Å². The molecule has 4 rings (SSSR count). The second kappa shape index (κ2) is 15.0. The molecule has 3 N–H and O–H groups in total. The van der Waals surface area contributed by atoms with Gasteiger partial charge in [0.2, 0.25) is 0 Å². The summed E-state index contributed by atoms with van der Waals surface area (Å²) in [6, 6.07) is 6.89. The first kappa shape index (κ1) is 32.8. The third-order valence-electron chi connectivity index (χ3n) is 6.76. The van der Waals surface area contributed by atoms with Crippen LogP contribution in [0.15, 0.2) is 45.6 Å². The number of rotatable bonds is 15. The minimum Gasteiger partial charge on any atom is -0.508 e. The lowest BCUT2D eigenvalue weighted by Crippen LogP contribution is -2.30. The van der Waals surface area contributed by atoms with Crippen molar-refractivity contribution < 1.29 is 46.9 Å². The molecule has 2 aromatic rings.